The molecule has 12 heteroatoms. The van der Waals surface area contributed by atoms with Crippen LogP contribution in [0.15, 0.2) is 64.5 Å². The van der Waals surface area contributed by atoms with Crippen molar-refractivity contribution in [3.8, 4) is 0 Å². The van der Waals surface area contributed by atoms with Gasteiger partial charge in [0.05, 0.1) is 4.90 Å². The van der Waals surface area contributed by atoms with Crippen LogP contribution in [0.3, 0.4) is 0 Å². The molecule has 37 heavy (non-hydrogen) atoms. The maximum atomic E-state index is 12.8. The predicted octanol–water partition coefficient (Wildman–Crippen LogP) is 0.662. The first-order valence-electron chi connectivity index (χ1n) is 12.2. The van der Waals surface area contributed by atoms with Gasteiger partial charge in [0.2, 0.25) is 10.0 Å². The van der Waals surface area contributed by atoms with E-state index >= 15 is 0 Å². The van der Waals surface area contributed by atoms with E-state index < -0.39 is 27.9 Å². The van der Waals surface area contributed by atoms with Crippen LogP contribution in [-0.4, -0.2) is 99.5 Å². The number of benzene rings is 2. The van der Waals surface area contributed by atoms with Crippen LogP contribution in [0.25, 0.3) is 0 Å². The van der Waals surface area contributed by atoms with Gasteiger partial charge in [0.1, 0.15) is 6.04 Å². The van der Waals surface area contributed by atoms with E-state index in [4.69, 9.17) is 0 Å². The Kier molecular flexibility index (Phi) is 8.29. The van der Waals surface area contributed by atoms with E-state index in [1.807, 2.05) is 12.1 Å². The molecule has 2 aliphatic heterocycles. The third-order valence-corrected chi connectivity index (χ3v) is 8.43. The number of carboxylic acids is 1. The number of sulfonamides is 1. The Hall–Kier alpha value is -3.64. The molecule has 198 valence electrons. The van der Waals surface area contributed by atoms with Crippen molar-refractivity contribution >= 4 is 33.5 Å². The highest BCUT2D eigenvalue weighted by Crippen LogP contribution is 2.19. The third-order valence-electron chi connectivity index (χ3n) is 6.55. The number of hydrogen-bond acceptors (Lipinski definition) is 8. The monoisotopic (exact) mass is 528 g/mol. The second-order valence-corrected chi connectivity index (χ2v) is 10.9. The zero-order valence-corrected chi connectivity index (χ0v) is 21.5. The Morgan fingerprint density at radius 3 is 2.30 bits per heavy atom. The number of likely N-dealkylation sites (N-methyl/N-ethyl adjacent to an activating group) is 1. The van der Waals surface area contributed by atoms with Crippen molar-refractivity contribution in [2.24, 2.45) is 4.99 Å². The Labute approximate surface area is 216 Å². The quantitative estimate of drug-likeness (QED) is 0.455. The number of carboxylic acid groups (broad SMARTS) is 1. The van der Waals surface area contributed by atoms with Gasteiger partial charge in [-0.05, 0) is 42.8 Å². The lowest BCUT2D eigenvalue weighted by Gasteiger charge is -2.38. The van der Waals surface area contributed by atoms with Crippen LogP contribution in [0.4, 0.5) is 5.69 Å². The highest BCUT2D eigenvalue weighted by atomic mass is 32.2. The lowest BCUT2D eigenvalue weighted by Crippen LogP contribution is -2.53. The van der Waals surface area contributed by atoms with Crippen LogP contribution in [-0.2, 0) is 14.8 Å². The van der Waals surface area contributed by atoms with Gasteiger partial charge in [0, 0.05) is 64.1 Å². The van der Waals surface area contributed by atoms with Crippen molar-refractivity contribution in [1.82, 2.24) is 19.8 Å². The molecule has 4 rings (SSSR count). The Balaban J connectivity index is 1.33. The maximum absolute atomic E-state index is 12.8. The largest absolute Gasteiger partial charge is 0.480 e. The number of aliphatic imine (C=N–C) groups is 1. The molecular formula is C25H32N6O5S. The summed E-state index contributed by atoms with van der Waals surface area (Å²) in [7, 11) is -2.85. The number of piperazine rings is 1. The average molecular weight is 529 g/mol. The van der Waals surface area contributed by atoms with Crippen molar-refractivity contribution in [2.45, 2.75) is 17.4 Å². The number of nitrogens with zero attached hydrogens (tertiary/aromatic N) is 4. The fourth-order valence-electron chi connectivity index (χ4n) is 4.32. The summed E-state index contributed by atoms with van der Waals surface area (Å²) in [6, 6.07) is 13.2. The molecule has 2 aromatic carbocycles. The molecule has 1 amide bonds. The lowest BCUT2D eigenvalue weighted by atomic mass is 10.1. The van der Waals surface area contributed by atoms with Crippen LogP contribution in [0.1, 0.15) is 16.8 Å². The zero-order chi connectivity index (χ0) is 26.4. The molecule has 1 atom stereocenters. The molecule has 0 aromatic heterocycles. The number of amides is 1. The van der Waals surface area contributed by atoms with Gasteiger partial charge in [0.15, 0.2) is 5.96 Å². The molecule has 2 aromatic rings. The molecule has 2 aliphatic rings. The molecule has 11 nitrogen and oxygen atoms in total. The summed E-state index contributed by atoms with van der Waals surface area (Å²) in [5, 5.41) is 15.6. The zero-order valence-electron chi connectivity index (χ0n) is 20.7. The molecule has 0 radical (unpaired) electrons. The number of carbonyl (C=O) groups is 2. The predicted molar refractivity (Wildman–Crippen MR) is 140 cm³/mol. The van der Waals surface area contributed by atoms with Crippen LogP contribution >= 0.6 is 0 Å². The topological polar surface area (TPSA) is 135 Å². The van der Waals surface area contributed by atoms with Gasteiger partial charge in [-0.2, -0.15) is 4.31 Å². The van der Waals surface area contributed by atoms with Crippen molar-refractivity contribution < 1.29 is 23.1 Å². The van der Waals surface area contributed by atoms with E-state index in [1.54, 1.807) is 30.3 Å². The van der Waals surface area contributed by atoms with Crippen LogP contribution in [0, 0.1) is 0 Å². The normalized spacial score (nSPS) is 17.1. The van der Waals surface area contributed by atoms with Crippen LogP contribution < -0.4 is 15.5 Å². The molecule has 1 fully saturated rings. The third kappa shape index (κ3) is 6.20. The summed E-state index contributed by atoms with van der Waals surface area (Å²) in [5.74, 6) is -0.861. The second kappa shape index (κ2) is 11.6. The first-order chi connectivity index (χ1) is 17.8. The molecule has 3 N–H and O–H groups in total. The van der Waals surface area contributed by atoms with Crippen LogP contribution in [0.5, 0.6) is 0 Å². The van der Waals surface area contributed by atoms with E-state index in [1.165, 1.54) is 19.2 Å². The Bertz CT molecular complexity index is 1230. The summed E-state index contributed by atoms with van der Waals surface area (Å²) in [6.07, 6.45) is 1.06. The minimum absolute atomic E-state index is 0.0190. The number of guanidine groups is 1. The molecule has 0 spiro atoms. The Morgan fingerprint density at radius 1 is 1.05 bits per heavy atom. The second-order valence-electron chi connectivity index (χ2n) is 8.90. The highest BCUT2D eigenvalue weighted by Gasteiger charge is 2.33. The fraction of sp³-hybridized carbons (Fsp3) is 0.400. The summed E-state index contributed by atoms with van der Waals surface area (Å²) >= 11 is 0. The Morgan fingerprint density at radius 2 is 1.70 bits per heavy atom. The number of aliphatic carboxylic acids is 1. The molecule has 1 saturated heterocycles. The van der Waals surface area contributed by atoms with E-state index in [-0.39, 0.29) is 11.4 Å². The number of rotatable bonds is 8. The molecular weight excluding hydrogens is 496 g/mol. The number of anilines is 1. The van der Waals surface area contributed by atoms with Crippen molar-refractivity contribution in [3.63, 3.8) is 0 Å². The van der Waals surface area contributed by atoms with Gasteiger partial charge < -0.3 is 25.5 Å². The highest BCUT2D eigenvalue weighted by molar-refractivity contribution is 7.89. The van der Waals surface area contributed by atoms with Gasteiger partial charge in [-0.15, -0.1) is 0 Å². The minimum Gasteiger partial charge on any atom is -0.480 e. The number of carbonyl (C=O) groups excluding carboxylic acids is 1. The van der Waals surface area contributed by atoms with Gasteiger partial charge >= 0.3 is 5.97 Å². The van der Waals surface area contributed by atoms with Crippen molar-refractivity contribution in [3.05, 3.63) is 60.2 Å². The van der Waals surface area contributed by atoms with Crippen molar-refractivity contribution in [1.29, 1.82) is 0 Å². The van der Waals surface area contributed by atoms with Gasteiger partial charge in [-0.1, -0.05) is 18.2 Å². The van der Waals surface area contributed by atoms with E-state index in [9.17, 15) is 23.1 Å². The average Bonchev–Trinajstić information content (AvgIpc) is 2.94. The van der Waals surface area contributed by atoms with E-state index in [0.29, 0.717) is 5.56 Å². The number of hydrogen-bond donors (Lipinski definition) is 3. The molecule has 0 saturated carbocycles. The lowest BCUT2D eigenvalue weighted by molar-refractivity contribution is -0.140. The molecule has 0 aliphatic carbocycles. The fourth-order valence-corrected chi connectivity index (χ4v) is 5.65. The number of nitrogens with one attached hydrogen (secondary N) is 2. The smallest absolute Gasteiger partial charge is 0.323 e. The summed E-state index contributed by atoms with van der Waals surface area (Å²) in [4.78, 5) is 33.6. The van der Waals surface area contributed by atoms with E-state index in [0.717, 1.165) is 61.6 Å². The molecule has 2 heterocycles. The first-order valence-corrected chi connectivity index (χ1v) is 13.6. The van der Waals surface area contributed by atoms with Crippen LogP contribution in [0.2, 0.25) is 0 Å². The standard InChI is InChI=1S/C25H32N6O5S/c1-29(37(35,36)21-6-3-2-4-7-21)22(24(33)34)18-28-23(32)19-8-10-20(11-9-19)30-14-16-31(17-15-30)25-26-12-5-13-27-25/h2-4,6-11,22H,5,12-18H2,1H3,(H,26,27)(H,28,32)(H,33,34). The van der Waals surface area contributed by atoms with E-state index in [2.05, 4.69) is 25.4 Å². The summed E-state index contributed by atoms with van der Waals surface area (Å²) < 4.78 is 26.4. The van der Waals surface area contributed by atoms with Crippen molar-refractivity contribution in [2.75, 3.05) is 57.8 Å². The first kappa shape index (κ1) is 26.4. The van der Waals surface area contributed by atoms with Gasteiger partial charge in [0.25, 0.3) is 5.91 Å². The van der Waals surface area contributed by atoms with Gasteiger partial charge in [-0.25, -0.2) is 8.42 Å². The SMILES string of the molecule is CN(C(CNC(=O)c1ccc(N2CCN(C3=NCCCN3)CC2)cc1)C(=O)O)S(=O)(=O)c1ccccc1. The van der Waals surface area contributed by atoms with Gasteiger partial charge in [-0.3, -0.25) is 14.6 Å². The summed E-state index contributed by atoms with van der Waals surface area (Å²) in [6.45, 7) is 4.79. The maximum Gasteiger partial charge on any atom is 0.323 e. The molecule has 1 unspecified atom stereocenters. The minimum atomic E-state index is -4.04. The molecule has 0 bridgehead atoms. The summed E-state index contributed by atoms with van der Waals surface area (Å²) in [5.41, 5.74) is 1.35.